The second kappa shape index (κ2) is 15.3. The number of aryl methyl sites for hydroxylation is 5. The van der Waals surface area contributed by atoms with Crippen molar-refractivity contribution in [1.82, 2.24) is 14.5 Å². The van der Waals surface area contributed by atoms with E-state index in [0.717, 1.165) is 76.3 Å². The predicted octanol–water partition coefficient (Wildman–Crippen LogP) is 9.81. The first-order valence-corrected chi connectivity index (χ1v) is 17.8. The van der Waals surface area contributed by atoms with Crippen LogP contribution in [-0.4, -0.2) is 26.3 Å². The molecular weight excluding hydrogens is 732 g/mol. The number of benzene rings is 3. The van der Waals surface area contributed by atoms with Crippen molar-refractivity contribution in [1.29, 1.82) is 0 Å². The molecule has 2 heterocycles. The Morgan fingerprint density at radius 2 is 1.31 bits per heavy atom. The van der Waals surface area contributed by atoms with Crippen LogP contribution in [0.2, 0.25) is 0 Å². The Bertz CT molecular complexity index is 1960. The second-order valence-corrected chi connectivity index (χ2v) is 13.2. The highest BCUT2D eigenvalue weighted by molar-refractivity contribution is 9.10. The van der Waals surface area contributed by atoms with Crippen LogP contribution in [0.4, 0.5) is 23.0 Å². The largest absolute Gasteiger partial charge is 0.336 e. The summed E-state index contributed by atoms with van der Waals surface area (Å²) in [6.45, 7) is 10.3. The summed E-state index contributed by atoms with van der Waals surface area (Å²) in [7, 11) is 1.88. The van der Waals surface area contributed by atoms with E-state index in [4.69, 9.17) is 4.98 Å². The molecule has 2 aromatic heterocycles. The lowest BCUT2D eigenvalue weighted by Crippen LogP contribution is -2.15. The van der Waals surface area contributed by atoms with Crippen molar-refractivity contribution >= 4 is 66.7 Å². The number of para-hydroxylation sites is 2. The van der Waals surface area contributed by atoms with Gasteiger partial charge in [-0.15, -0.1) is 0 Å². The summed E-state index contributed by atoms with van der Waals surface area (Å²) >= 11 is 7.25. The summed E-state index contributed by atoms with van der Waals surface area (Å²) in [6, 6.07) is 19.6. The van der Waals surface area contributed by atoms with Gasteiger partial charge < -0.3 is 20.5 Å². The van der Waals surface area contributed by atoms with Gasteiger partial charge in [-0.1, -0.05) is 64.1 Å². The molecule has 0 saturated heterocycles. The van der Waals surface area contributed by atoms with Gasteiger partial charge in [0.25, 0.3) is 11.8 Å². The van der Waals surface area contributed by atoms with E-state index in [1.807, 2.05) is 61.0 Å². The van der Waals surface area contributed by atoms with Gasteiger partial charge in [0, 0.05) is 35.9 Å². The molecule has 0 bridgehead atoms. The number of nitrogens with zero attached hydrogens (tertiary/aromatic N) is 3. The maximum atomic E-state index is 13.6. The Hall–Kier alpha value is -4.28. The Kier molecular flexibility index (Phi) is 11.2. The third-order valence-corrected chi connectivity index (χ3v) is 10.1. The van der Waals surface area contributed by atoms with Crippen molar-refractivity contribution in [2.45, 2.75) is 60.3 Å². The van der Waals surface area contributed by atoms with E-state index in [0.29, 0.717) is 31.8 Å². The zero-order valence-corrected chi connectivity index (χ0v) is 31.3. The van der Waals surface area contributed by atoms with Crippen molar-refractivity contribution in [2.24, 2.45) is 7.05 Å². The number of halogens is 2. The molecule has 48 heavy (non-hydrogen) atoms. The highest BCUT2D eigenvalue weighted by Crippen LogP contribution is 2.34. The molecule has 0 aliphatic carbocycles. The summed E-state index contributed by atoms with van der Waals surface area (Å²) in [6.07, 6.45) is 4.99. The number of nitrogens with one attached hydrogen (secondary N) is 3. The summed E-state index contributed by atoms with van der Waals surface area (Å²) in [5.41, 5.74) is 10.3. The first kappa shape index (κ1) is 35.0. The van der Waals surface area contributed by atoms with Crippen molar-refractivity contribution in [3.63, 3.8) is 0 Å². The fourth-order valence-electron chi connectivity index (χ4n) is 5.81. The normalized spacial score (nSPS) is 11.0. The Balaban J connectivity index is 1.38. The van der Waals surface area contributed by atoms with E-state index in [1.54, 1.807) is 12.3 Å². The fraction of sp³-hybridized carbons (Fsp3) is 0.263. The number of carbonyl (C=O) groups excluding carboxylic acids is 2. The van der Waals surface area contributed by atoms with Gasteiger partial charge in [-0.2, -0.15) is 0 Å². The quantitative estimate of drug-likeness (QED) is 0.124. The molecule has 8 nitrogen and oxygen atoms in total. The first-order valence-electron chi connectivity index (χ1n) is 16.2. The monoisotopic (exact) mass is 770 g/mol. The molecule has 0 spiro atoms. The number of rotatable bonds is 11. The average molecular weight is 773 g/mol. The highest BCUT2D eigenvalue weighted by Gasteiger charge is 2.22. The maximum absolute atomic E-state index is 13.6. The number of carbonyl (C=O) groups is 2. The van der Waals surface area contributed by atoms with Gasteiger partial charge in [-0.3, -0.25) is 9.59 Å². The molecule has 3 aromatic carbocycles. The SMILES string of the molecule is CCc1cccc(CC)c1NC(=O)c1ccc(Nc2ncc(Br)c(-c3cc(C(=O)Nc4c(CC)cccc4CC)c(Br)n3C)n2)c(C)c1. The maximum Gasteiger partial charge on any atom is 0.258 e. The molecule has 0 fully saturated rings. The van der Waals surface area contributed by atoms with Gasteiger partial charge in [0.15, 0.2) is 0 Å². The van der Waals surface area contributed by atoms with Gasteiger partial charge in [0.05, 0.1) is 20.3 Å². The number of anilines is 4. The molecule has 5 rings (SSSR count). The number of amides is 2. The van der Waals surface area contributed by atoms with E-state index in [9.17, 15) is 9.59 Å². The minimum atomic E-state index is -0.202. The van der Waals surface area contributed by atoms with Gasteiger partial charge in [0.1, 0.15) is 5.69 Å². The highest BCUT2D eigenvalue weighted by atomic mass is 79.9. The van der Waals surface area contributed by atoms with Crippen LogP contribution in [0.5, 0.6) is 0 Å². The lowest BCUT2D eigenvalue weighted by atomic mass is 10.0. The first-order chi connectivity index (χ1) is 23.1. The zero-order valence-electron chi connectivity index (χ0n) is 28.1. The molecular formula is C38H40Br2N6O2. The number of hydrogen-bond acceptors (Lipinski definition) is 5. The summed E-state index contributed by atoms with van der Waals surface area (Å²) in [5.74, 6) is 0.0260. The molecule has 10 heteroatoms. The van der Waals surface area contributed by atoms with Gasteiger partial charge in [-0.05, 0) is 117 Å². The van der Waals surface area contributed by atoms with E-state index < -0.39 is 0 Å². The molecule has 2 amide bonds. The minimum Gasteiger partial charge on any atom is -0.336 e. The molecule has 0 aliphatic rings. The van der Waals surface area contributed by atoms with Crippen LogP contribution in [0.15, 0.2) is 75.9 Å². The van der Waals surface area contributed by atoms with Crippen molar-refractivity contribution in [3.05, 3.63) is 115 Å². The van der Waals surface area contributed by atoms with E-state index in [2.05, 4.69) is 92.6 Å². The molecule has 0 aliphatic heterocycles. The smallest absolute Gasteiger partial charge is 0.258 e. The van der Waals surface area contributed by atoms with Crippen LogP contribution in [0.3, 0.4) is 0 Å². The zero-order chi connectivity index (χ0) is 34.5. The van der Waals surface area contributed by atoms with Crippen LogP contribution >= 0.6 is 31.9 Å². The van der Waals surface area contributed by atoms with Gasteiger partial charge in [0.2, 0.25) is 5.95 Å². The Labute approximate surface area is 299 Å². The van der Waals surface area contributed by atoms with Crippen molar-refractivity contribution < 1.29 is 9.59 Å². The Morgan fingerprint density at radius 3 is 1.83 bits per heavy atom. The fourth-order valence-corrected chi connectivity index (χ4v) is 6.69. The number of aromatic nitrogens is 3. The third kappa shape index (κ3) is 7.24. The topological polar surface area (TPSA) is 101 Å². The standard InChI is InChI=1S/C38H40Br2N6O2/c1-7-23-13-11-14-24(8-2)32(23)43-36(47)27-17-18-30(22(5)19-27)42-38-41-21-29(39)34(45-38)31-20-28(35(40)46(31)6)37(48)44-33-25(9-3)15-12-16-26(33)10-4/h11-21H,7-10H2,1-6H3,(H,43,47)(H,44,48)(H,41,42,45). The van der Waals surface area contributed by atoms with Crippen LogP contribution in [0.1, 0.15) is 76.2 Å². The molecule has 248 valence electrons. The summed E-state index contributed by atoms with van der Waals surface area (Å²) < 4.78 is 3.21. The van der Waals surface area contributed by atoms with E-state index in [1.165, 1.54) is 0 Å². The molecule has 3 N–H and O–H groups in total. The molecule has 0 atom stereocenters. The van der Waals surface area contributed by atoms with Gasteiger partial charge >= 0.3 is 0 Å². The number of hydrogen-bond donors (Lipinski definition) is 3. The summed E-state index contributed by atoms with van der Waals surface area (Å²) in [4.78, 5) is 36.2. The predicted molar refractivity (Wildman–Crippen MR) is 203 cm³/mol. The lowest BCUT2D eigenvalue weighted by Gasteiger charge is -2.15. The van der Waals surface area contributed by atoms with Crippen molar-refractivity contribution in [3.8, 4) is 11.4 Å². The second-order valence-electron chi connectivity index (χ2n) is 11.6. The van der Waals surface area contributed by atoms with Crippen LogP contribution in [-0.2, 0) is 32.7 Å². The lowest BCUT2D eigenvalue weighted by molar-refractivity contribution is 0.101. The third-order valence-electron chi connectivity index (χ3n) is 8.60. The molecule has 5 aromatic rings. The molecule has 0 saturated carbocycles. The molecule has 0 unspecified atom stereocenters. The van der Waals surface area contributed by atoms with Crippen LogP contribution < -0.4 is 16.0 Å². The van der Waals surface area contributed by atoms with Crippen molar-refractivity contribution in [2.75, 3.05) is 16.0 Å². The summed E-state index contributed by atoms with van der Waals surface area (Å²) in [5, 5.41) is 9.62. The minimum absolute atomic E-state index is 0.152. The van der Waals surface area contributed by atoms with E-state index >= 15 is 0 Å². The molecule has 0 radical (unpaired) electrons. The van der Waals surface area contributed by atoms with Crippen LogP contribution in [0.25, 0.3) is 11.4 Å². The average Bonchev–Trinajstić information content (AvgIpc) is 3.39. The Morgan fingerprint density at radius 1 is 0.771 bits per heavy atom. The van der Waals surface area contributed by atoms with E-state index in [-0.39, 0.29) is 11.8 Å². The van der Waals surface area contributed by atoms with Crippen LogP contribution in [0, 0.1) is 6.92 Å². The van der Waals surface area contributed by atoms with Gasteiger partial charge in [-0.25, -0.2) is 9.97 Å².